The Morgan fingerprint density at radius 2 is 0.800 bits per heavy atom. The van der Waals surface area contributed by atoms with Gasteiger partial charge in [0.05, 0.1) is 16.8 Å². The summed E-state index contributed by atoms with van der Waals surface area (Å²) in [6, 6.07) is 94.8. The lowest BCUT2D eigenvalue weighted by molar-refractivity contribution is 0.660. The molecule has 2 heteroatoms. The Bertz CT molecular complexity index is 3810. The summed E-state index contributed by atoms with van der Waals surface area (Å²) in [7, 11) is 0. The van der Waals surface area contributed by atoms with E-state index in [-0.39, 0.29) is 5.41 Å². The lowest BCUT2D eigenvalue weighted by atomic mass is 9.64. The molecule has 70 heavy (non-hydrogen) atoms. The number of rotatable bonds is 6. The summed E-state index contributed by atoms with van der Waals surface area (Å²) in [5, 5.41) is 2.53. The van der Waals surface area contributed by atoms with Crippen molar-refractivity contribution in [2.24, 2.45) is 0 Å². The van der Waals surface area contributed by atoms with Crippen LogP contribution in [0.1, 0.15) is 47.2 Å². The van der Waals surface area contributed by atoms with Gasteiger partial charge in [-0.15, -0.1) is 0 Å². The molecule has 0 amide bonds. The van der Waals surface area contributed by atoms with Gasteiger partial charge in [-0.25, -0.2) is 0 Å². The summed E-state index contributed by atoms with van der Waals surface area (Å²) in [5.41, 5.74) is 24.2. The van der Waals surface area contributed by atoms with Crippen molar-refractivity contribution in [3.63, 3.8) is 0 Å². The Labute approximate surface area is 410 Å². The van der Waals surface area contributed by atoms with Gasteiger partial charge in [-0.3, -0.25) is 0 Å². The minimum Gasteiger partial charge on any atom is -0.310 e. The molecular formula is C68H48N2. The number of benzene rings is 11. The van der Waals surface area contributed by atoms with Crippen LogP contribution in [0.5, 0.6) is 0 Å². The van der Waals surface area contributed by atoms with Crippen LogP contribution in [0.3, 0.4) is 0 Å². The SMILES string of the molecule is CC1(C)c2ccccc2-c2ccc(N(c3ccc(-c4ccc(-c5cccc6ccccc56)cc4)cc3)c3ccc4c(c3)-c3ccccc3C43c4ccccc4N(c4ccccc4)c4ccccc43)cc21. The molecule has 0 bridgehead atoms. The molecule has 0 saturated heterocycles. The average molecular weight is 893 g/mol. The summed E-state index contributed by atoms with van der Waals surface area (Å²) < 4.78 is 0. The smallest absolute Gasteiger partial charge is 0.0754 e. The van der Waals surface area contributed by atoms with Crippen LogP contribution in [0.2, 0.25) is 0 Å². The Kier molecular flexibility index (Phi) is 8.88. The third-order valence-corrected chi connectivity index (χ3v) is 15.7. The maximum absolute atomic E-state index is 2.47. The summed E-state index contributed by atoms with van der Waals surface area (Å²) in [5.74, 6) is 0. The van der Waals surface area contributed by atoms with E-state index in [1.165, 1.54) is 100 Å². The predicted molar refractivity (Wildman–Crippen MR) is 293 cm³/mol. The van der Waals surface area contributed by atoms with Crippen molar-refractivity contribution in [3.8, 4) is 44.5 Å². The van der Waals surface area contributed by atoms with Crippen LogP contribution < -0.4 is 9.80 Å². The van der Waals surface area contributed by atoms with Gasteiger partial charge in [0.2, 0.25) is 0 Å². The topological polar surface area (TPSA) is 6.48 Å². The van der Waals surface area contributed by atoms with E-state index in [0.717, 1.165) is 22.7 Å². The minimum atomic E-state index is -0.526. The Morgan fingerprint density at radius 3 is 1.53 bits per heavy atom. The first-order valence-corrected chi connectivity index (χ1v) is 24.5. The molecule has 1 aliphatic heterocycles. The fourth-order valence-corrected chi connectivity index (χ4v) is 12.5. The molecule has 3 aliphatic rings. The quantitative estimate of drug-likeness (QED) is 0.164. The highest BCUT2D eigenvalue weighted by atomic mass is 15.2. The summed E-state index contributed by atoms with van der Waals surface area (Å²) >= 11 is 0. The Hall–Kier alpha value is -8.72. The molecule has 2 aliphatic carbocycles. The highest BCUT2D eigenvalue weighted by Crippen LogP contribution is 2.64. The van der Waals surface area contributed by atoms with Crippen LogP contribution in [0.15, 0.2) is 255 Å². The Morgan fingerprint density at radius 1 is 0.314 bits per heavy atom. The normalized spacial score (nSPS) is 14.1. The van der Waals surface area contributed by atoms with Crippen LogP contribution in [-0.2, 0) is 10.8 Å². The maximum Gasteiger partial charge on any atom is 0.0754 e. The second-order valence-electron chi connectivity index (χ2n) is 19.6. The first kappa shape index (κ1) is 40.4. The van der Waals surface area contributed by atoms with Crippen molar-refractivity contribution in [1.82, 2.24) is 0 Å². The third kappa shape index (κ3) is 5.80. The van der Waals surface area contributed by atoms with Gasteiger partial charge in [0.1, 0.15) is 0 Å². The standard InChI is InChI=1S/C68H48N2/c1-67(2)59-25-10-8-22-55(59)57-41-39-52(44-64(57)67)69(50-37-35-46(36-38-50)45-31-33-48(34-32-45)54-24-16-18-47-17-6-7-21-53(47)54)51-40-42-61-58(43-51)56-23-9-11-26-60(56)68(61)62-27-12-14-29-65(62)70(49-19-4-3-5-20-49)66-30-15-13-28-63(66)68/h3-44H,1-2H3. The van der Waals surface area contributed by atoms with Crippen LogP contribution in [0, 0.1) is 0 Å². The minimum absolute atomic E-state index is 0.145. The number of anilines is 6. The molecule has 1 heterocycles. The molecule has 14 rings (SSSR count). The summed E-state index contributed by atoms with van der Waals surface area (Å²) in [6.45, 7) is 4.74. The molecule has 0 aromatic heterocycles. The van der Waals surface area contributed by atoms with Crippen molar-refractivity contribution in [2.75, 3.05) is 9.80 Å². The van der Waals surface area contributed by atoms with Gasteiger partial charge in [0, 0.05) is 28.2 Å². The third-order valence-electron chi connectivity index (χ3n) is 15.7. The maximum atomic E-state index is 2.47. The molecule has 0 unspecified atom stereocenters. The number of nitrogens with zero attached hydrogens (tertiary/aromatic N) is 2. The Balaban J connectivity index is 0.926. The van der Waals surface area contributed by atoms with Gasteiger partial charge in [-0.2, -0.15) is 0 Å². The van der Waals surface area contributed by atoms with E-state index in [2.05, 4.69) is 278 Å². The van der Waals surface area contributed by atoms with E-state index in [4.69, 9.17) is 0 Å². The van der Waals surface area contributed by atoms with Crippen molar-refractivity contribution >= 4 is 44.9 Å². The van der Waals surface area contributed by atoms with E-state index in [1.807, 2.05) is 0 Å². The van der Waals surface area contributed by atoms with Gasteiger partial charge in [-0.1, -0.05) is 208 Å². The van der Waals surface area contributed by atoms with E-state index in [1.54, 1.807) is 0 Å². The van der Waals surface area contributed by atoms with E-state index in [0.29, 0.717) is 0 Å². The summed E-state index contributed by atoms with van der Waals surface area (Å²) in [6.07, 6.45) is 0. The van der Waals surface area contributed by atoms with Crippen molar-refractivity contribution in [3.05, 3.63) is 288 Å². The lowest BCUT2D eigenvalue weighted by Crippen LogP contribution is -2.36. The van der Waals surface area contributed by atoms with Gasteiger partial charge in [-0.05, 0) is 149 Å². The van der Waals surface area contributed by atoms with Crippen LogP contribution in [0.4, 0.5) is 34.1 Å². The molecule has 11 aromatic rings. The molecular weight excluding hydrogens is 845 g/mol. The first-order chi connectivity index (χ1) is 34.5. The number of para-hydroxylation sites is 3. The van der Waals surface area contributed by atoms with Gasteiger partial charge >= 0.3 is 0 Å². The van der Waals surface area contributed by atoms with Crippen LogP contribution in [0.25, 0.3) is 55.3 Å². The zero-order valence-electron chi connectivity index (χ0n) is 39.1. The zero-order valence-corrected chi connectivity index (χ0v) is 39.1. The zero-order chi connectivity index (χ0) is 46.6. The van der Waals surface area contributed by atoms with Gasteiger partial charge < -0.3 is 9.80 Å². The fourth-order valence-electron chi connectivity index (χ4n) is 12.5. The number of fused-ring (bicyclic) bond motifs is 13. The summed E-state index contributed by atoms with van der Waals surface area (Å²) in [4.78, 5) is 4.92. The molecule has 2 nitrogen and oxygen atoms in total. The number of hydrogen-bond acceptors (Lipinski definition) is 2. The molecule has 0 saturated carbocycles. The highest BCUT2D eigenvalue weighted by Gasteiger charge is 2.51. The van der Waals surface area contributed by atoms with Crippen LogP contribution >= 0.6 is 0 Å². The van der Waals surface area contributed by atoms with Crippen molar-refractivity contribution < 1.29 is 0 Å². The monoisotopic (exact) mass is 892 g/mol. The molecule has 1 spiro atoms. The molecule has 0 atom stereocenters. The first-order valence-electron chi connectivity index (χ1n) is 24.5. The second kappa shape index (κ2) is 15.4. The van der Waals surface area contributed by atoms with E-state index in [9.17, 15) is 0 Å². The lowest BCUT2D eigenvalue weighted by Gasteiger charge is -2.45. The molecule has 0 N–H and O–H groups in total. The van der Waals surface area contributed by atoms with E-state index >= 15 is 0 Å². The predicted octanol–water partition coefficient (Wildman–Crippen LogP) is 18.1. The van der Waals surface area contributed by atoms with Crippen LogP contribution in [-0.4, -0.2) is 0 Å². The van der Waals surface area contributed by atoms with E-state index < -0.39 is 5.41 Å². The average Bonchev–Trinajstić information content (AvgIpc) is 3.84. The second-order valence-corrected chi connectivity index (χ2v) is 19.6. The largest absolute Gasteiger partial charge is 0.310 e. The molecule has 0 radical (unpaired) electrons. The number of hydrogen-bond donors (Lipinski definition) is 0. The van der Waals surface area contributed by atoms with Crippen molar-refractivity contribution in [1.29, 1.82) is 0 Å². The highest BCUT2D eigenvalue weighted by molar-refractivity contribution is 5.99. The molecule has 0 fully saturated rings. The fraction of sp³-hybridized carbons (Fsp3) is 0.0588. The van der Waals surface area contributed by atoms with Crippen molar-refractivity contribution in [2.45, 2.75) is 24.7 Å². The van der Waals surface area contributed by atoms with Gasteiger partial charge in [0.15, 0.2) is 0 Å². The van der Waals surface area contributed by atoms with Gasteiger partial charge in [0.25, 0.3) is 0 Å². The molecule has 330 valence electrons. The molecule has 11 aromatic carbocycles.